The summed E-state index contributed by atoms with van der Waals surface area (Å²) in [6.07, 6.45) is 3.84. The van der Waals surface area contributed by atoms with Crippen LogP contribution in [-0.4, -0.2) is 12.4 Å². The van der Waals surface area contributed by atoms with E-state index in [0.717, 1.165) is 11.1 Å². The molecule has 2 aromatic carbocycles. The van der Waals surface area contributed by atoms with Gasteiger partial charge in [0.1, 0.15) is 6.61 Å². The minimum absolute atomic E-state index is 0.306. The average Bonchev–Trinajstić information content (AvgIpc) is 2.48. The fourth-order valence-electron chi connectivity index (χ4n) is 1.60. The molecule has 2 aromatic rings. The van der Waals surface area contributed by atoms with Crippen molar-refractivity contribution in [2.75, 3.05) is 6.61 Å². The Morgan fingerprint density at radius 3 is 2.70 bits per heavy atom. The lowest BCUT2D eigenvalue weighted by atomic mass is 10.2. The Morgan fingerprint density at radius 1 is 1.15 bits per heavy atom. The molecular weight excluding hydrogens is 272 g/mol. The van der Waals surface area contributed by atoms with Crippen LogP contribution in [0.15, 0.2) is 65.8 Å². The largest absolute Gasteiger partial charge is 0.390 e. The second kappa shape index (κ2) is 7.36. The maximum atomic E-state index is 5.88. The van der Waals surface area contributed by atoms with Gasteiger partial charge >= 0.3 is 0 Å². The van der Waals surface area contributed by atoms with Gasteiger partial charge in [-0.1, -0.05) is 65.3 Å². The van der Waals surface area contributed by atoms with E-state index < -0.39 is 0 Å². The number of halogens is 1. The van der Waals surface area contributed by atoms with Crippen molar-refractivity contribution in [1.29, 1.82) is 0 Å². The summed E-state index contributed by atoms with van der Waals surface area (Å²) in [5.41, 5.74) is 7.65. The summed E-state index contributed by atoms with van der Waals surface area (Å²) in [7, 11) is 0. The van der Waals surface area contributed by atoms with Crippen molar-refractivity contribution in [2.45, 2.75) is 0 Å². The Hall–Kier alpha value is -2.26. The Labute approximate surface area is 123 Å². The Balaban J connectivity index is 1.86. The summed E-state index contributed by atoms with van der Waals surface area (Å²) in [6, 6.07) is 17.1. The fourth-order valence-corrected chi connectivity index (χ4v) is 1.79. The standard InChI is InChI=1S/C16H15ClN2O/c17-15-10-4-9-14(12-15)16(18)19-20-11-5-8-13-6-2-1-3-7-13/h1-10,12H,11H2,(H2,18,19)/b8-5+. The number of oxime groups is 1. The molecule has 0 heterocycles. The molecule has 0 aliphatic carbocycles. The molecule has 0 aliphatic rings. The molecule has 3 nitrogen and oxygen atoms in total. The van der Waals surface area contributed by atoms with Crippen LogP contribution in [0.25, 0.3) is 6.08 Å². The van der Waals surface area contributed by atoms with Crippen molar-refractivity contribution in [1.82, 2.24) is 0 Å². The Morgan fingerprint density at radius 2 is 1.95 bits per heavy atom. The normalized spacial score (nSPS) is 11.8. The van der Waals surface area contributed by atoms with Crippen LogP contribution in [0, 0.1) is 0 Å². The quantitative estimate of drug-likeness (QED) is 0.394. The lowest BCUT2D eigenvalue weighted by molar-refractivity contribution is 0.175. The predicted octanol–water partition coefficient (Wildman–Crippen LogP) is 3.69. The molecule has 0 fully saturated rings. The van der Waals surface area contributed by atoms with Crippen molar-refractivity contribution in [2.24, 2.45) is 10.9 Å². The number of rotatable bonds is 5. The van der Waals surface area contributed by atoms with Gasteiger partial charge in [0.2, 0.25) is 0 Å². The molecule has 0 radical (unpaired) electrons. The van der Waals surface area contributed by atoms with Crippen LogP contribution < -0.4 is 5.73 Å². The maximum absolute atomic E-state index is 5.88. The third kappa shape index (κ3) is 4.44. The minimum atomic E-state index is 0.306. The highest BCUT2D eigenvalue weighted by Gasteiger charge is 1.98. The molecule has 0 saturated carbocycles. The first-order chi connectivity index (χ1) is 9.75. The molecular formula is C16H15ClN2O. The molecule has 0 spiro atoms. The molecule has 0 atom stereocenters. The van der Waals surface area contributed by atoms with Gasteiger partial charge in [-0.2, -0.15) is 0 Å². The first-order valence-electron chi connectivity index (χ1n) is 6.18. The van der Waals surface area contributed by atoms with Crippen LogP contribution in [0.3, 0.4) is 0 Å². The smallest absolute Gasteiger partial charge is 0.170 e. The SMILES string of the molecule is N/C(=N/OC/C=C/c1ccccc1)c1cccc(Cl)c1. The second-order valence-corrected chi connectivity index (χ2v) is 4.53. The van der Waals surface area contributed by atoms with E-state index in [1.165, 1.54) is 0 Å². The highest BCUT2D eigenvalue weighted by Crippen LogP contribution is 2.10. The molecule has 4 heteroatoms. The summed E-state index contributed by atoms with van der Waals surface area (Å²) >= 11 is 5.88. The van der Waals surface area contributed by atoms with E-state index in [-0.39, 0.29) is 0 Å². The zero-order valence-electron chi connectivity index (χ0n) is 10.9. The zero-order valence-corrected chi connectivity index (χ0v) is 11.6. The molecule has 2 rings (SSSR count). The molecule has 0 unspecified atom stereocenters. The third-order valence-corrected chi connectivity index (χ3v) is 2.80. The van der Waals surface area contributed by atoms with E-state index in [0.29, 0.717) is 17.5 Å². The van der Waals surface area contributed by atoms with Crippen molar-refractivity contribution in [3.63, 3.8) is 0 Å². The molecule has 20 heavy (non-hydrogen) atoms. The van der Waals surface area contributed by atoms with Crippen molar-refractivity contribution in [3.8, 4) is 0 Å². The van der Waals surface area contributed by atoms with Crippen molar-refractivity contribution < 1.29 is 4.84 Å². The predicted molar refractivity (Wildman–Crippen MR) is 83.6 cm³/mol. The summed E-state index contributed by atoms with van der Waals surface area (Å²) in [5, 5.41) is 4.47. The fraction of sp³-hybridized carbons (Fsp3) is 0.0625. The van der Waals surface area contributed by atoms with Crippen LogP contribution in [0.4, 0.5) is 0 Å². The molecule has 102 valence electrons. The number of benzene rings is 2. The molecule has 0 amide bonds. The van der Waals surface area contributed by atoms with Gasteiger partial charge in [-0.15, -0.1) is 0 Å². The van der Waals surface area contributed by atoms with Gasteiger partial charge in [-0.25, -0.2) is 0 Å². The van der Waals surface area contributed by atoms with Gasteiger partial charge in [-0.3, -0.25) is 0 Å². The van der Waals surface area contributed by atoms with Crippen molar-refractivity contribution in [3.05, 3.63) is 76.8 Å². The van der Waals surface area contributed by atoms with Crippen LogP contribution in [0.5, 0.6) is 0 Å². The molecule has 0 bridgehead atoms. The summed E-state index contributed by atoms with van der Waals surface area (Å²) in [6.45, 7) is 0.357. The molecule has 2 N–H and O–H groups in total. The van der Waals surface area contributed by atoms with Gasteiger partial charge < -0.3 is 10.6 Å². The van der Waals surface area contributed by atoms with Gasteiger partial charge in [0, 0.05) is 10.6 Å². The van der Waals surface area contributed by atoms with Crippen molar-refractivity contribution >= 4 is 23.5 Å². The van der Waals surface area contributed by atoms with Gasteiger partial charge in [-0.05, 0) is 23.8 Å². The second-order valence-electron chi connectivity index (χ2n) is 4.10. The number of amidine groups is 1. The van der Waals surface area contributed by atoms with Gasteiger partial charge in [0.25, 0.3) is 0 Å². The van der Waals surface area contributed by atoms with Crippen LogP contribution in [-0.2, 0) is 4.84 Å². The lowest BCUT2D eigenvalue weighted by Crippen LogP contribution is -2.13. The van der Waals surface area contributed by atoms with Crippen LogP contribution >= 0.6 is 11.6 Å². The third-order valence-electron chi connectivity index (χ3n) is 2.56. The van der Waals surface area contributed by atoms with Gasteiger partial charge in [0.15, 0.2) is 5.84 Å². The number of nitrogens with zero attached hydrogens (tertiary/aromatic N) is 1. The Bertz CT molecular complexity index is 609. The number of nitrogens with two attached hydrogens (primary N) is 1. The molecule has 0 aromatic heterocycles. The summed E-state index contributed by atoms with van der Waals surface area (Å²) < 4.78 is 0. The van der Waals surface area contributed by atoms with Crippen LogP contribution in [0.1, 0.15) is 11.1 Å². The van der Waals surface area contributed by atoms with E-state index in [1.807, 2.05) is 54.6 Å². The van der Waals surface area contributed by atoms with E-state index in [1.54, 1.807) is 12.1 Å². The first-order valence-corrected chi connectivity index (χ1v) is 6.56. The molecule has 0 saturated heterocycles. The minimum Gasteiger partial charge on any atom is -0.390 e. The highest BCUT2D eigenvalue weighted by molar-refractivity contribution is 6.31. The number of hydrogen-bond donors (Lipinski definition) is 1. The summed E-state index contributed by atoms with van der Waals surface area (Å²) in [4.78, 5) is 5.14. The number of hydrogen-bond acceptors (Lipinski definition) is 2. The molecule has 0 aliphatic heterocycles. The maximum Gasteiger partial charge on any atom is 0.170 e. The monoisotopic (exact) mass is 286 g/mol. The van der Waals surface area contributed by atoms with E-state index in [4.69, 9.17) is 22.2 Å². The average molecular weight is 287 g/mol. The van der Waals surface area contributed by atoms with E-state index in [2.05, 4.69) is 5.16 Å². The summed E-state index contributed by atoms with van der Waals surface area (Å²) in [5.74, 6) is 0.306. The van der Waals surface area contributed by atoms with Gasteiger partial charge in [0.05, 0.1) is 0 Å². The lowest BCUT2D eigenvalue weighted by Gasteiger charge is -2.01. The topological polar surface area (TPSA) is 47.6 Å². The Kier molecular flexibility index (Phi) is 5.21. The van der Waals surface area contributed by atoms with Crippen LogP contribution in [0.2, 0.25) is 5.02 Å². The highest BCUT2D eigenvalue weighted by atomic mass is 35.5. The van der Waals surface area contributed by atoms with E-state index >= 15 is 0 Å². The zero-order chi connectivity index (χ0) is 14.2. The van der Waals surface area contributed by atoms with E-state index in [9.17, 15) is 0 Å². The first kappa shape index (κ1) is 14.2.